The third kappa shape index (κ3) is 4.64. The Hall–Kier alpha value is -1.10. The van der Waals surface area contributed by atoms with E-state index in [1.807, 2.05) is 18.9 Å². The molecule has 5 nitrogen and oxygen atoms in total. The number of carbonyl (C=O) groups excluding carboxylic acids is 2. The highest BCUT2D eigenvalue weighted by Gasteiger charge is 2.23. The molecule has 0 aromatic carbocycles. The van der Waals surface area contributed by atoms with Crippen molar-refractivity contribution < 1.29 is 14.3 Å². The molecule has 0 heterocycles. The van der Waals surface area contributed by atoms with Gasteiger partial charge in [-0.05, 0) is 26.8 Å². The van der Waals surface area contributed by atoms with Crippen LogP contribution < -0.4 is 5.32 Å². The summed E-state index contributed by atoms with van der Waals surface area (Å²) in [5.74, 6) is -0.195. The van der Waals surface area contributed by atoms with E-state index >= 15 is 0 Å². The lowest BCUT2D eigenvalue weighted by molar-refractivity contribution is -0.141. The smallest absolute Gasteiger partial charge is 0.306 e. The van der Waals surface area contributed by atoms with Crippen LogP contribution in [0.1, 0.15) is 39.0 Å². The molecule has 5 heteroatoms. The van der Waals surface area contributed by atoms with Gasteiger partial charge in [-0.15, -0.1) is 0 Å². The van der Waals surface area contributed by atoms with E-state index in [4.69, 9.17) is 0 Å². The van der Waals surface area contributed by atoms with Gasteiger partial charge in [-0.2, -0.15) is 0 Å². The summed E-state index contributed by atoms with van der Waals surface area (Å²) in [5.41, 5.74) is 0. The van der Waals surface area contributed by atoms with Crippen LogP contribution in [-0.2, 0) is 14.3 Å². The third-order valence-corrected chi connectivity index (χ3v) is 3.64. The summed E-state index contributed by atoms with van der Waals surface area (Å²) < 4.78 is 4.58. The van der Waals surface area contributed by atoms with Gasteiger partial charge in [0.2, 0.25) is 5.91 Å². The Balaban J connectivity index is 2.30. The first kappa shape index (κ1) is 15.0. The molecule has 1 N–H and O–H groups in total. The number of carbonyl (C=O) groups is 2. The van der Waals surface area contributed by atoms with Crippen molar-refractivity contribution in [2.75, 3.05) is 20.7 Å². The van der Waals surface area contributed by atoms with Gasteiger partial charge in [-0.1, -0.05) is 12.8 Å². The summed E-state index contributed by atoms with van der Waals surface area (Å²) in [5, 5.41) is 3.06. The fraction of sp³-hybridized carbons (Fsp3) is 0.846. The van der Waals surface area contributed by atoms with Crippen molar-refractivity contribution >= 4 is 11.9 Å². The Kier molecular flexibility index (Phi) is 6.12. The number of esters is 1. The molecule has 1 atom stereocenters. The van der Waals surface area contributed by atoms with E-state index in [1.54, 1.807) is 0 Å². The summed E-state index contributed by atoms with van der Waals surface area (Å²) in [6.45, 7) is 2.40. The van der Waals surface area contributed by atoms with E-state index in [2.05, 4.69) is 10.1 Å². The van der Waals surface area contributed by atoms with Crippen LogP contribution in [0.5, 0.6) is 0 Å². The van der Waals surface area contributed by atoms with E-state index < -0.39 is 0 Å². The zero-order valence-electron chi connectivity index (χ0n) is 11.6. The Morgan fingerprint density at radius 1 is 1.39 bits per heavy atom. The van der Waals surface area contributed by atoms with Crippen molar-refractivity contribution in [1.82, 2.24) is 10.2 Å². The highest BCUT2D eigenvalue weighted by atomic mass is 16.5. The lowest BCUT2D eigenvalue weighted by Crippen LogP contribution is -2.46. The second kappa shape index (κ2) is 7.36. The highest BCUT2D eigenvalue weighted by molar-refractivity contribution is 5.81. The Labute approximate surface area is 109 Å². The van der Waals surface area contributed by atoms with E-state index in [0.717, 1.165) is 12.8 Å². The van der Waals surface area contributed by atoms with Gasteiger partial charge in [0.15, 0.2) is 0 Å². The highest BCUT2D eigenvalue weighted by Crippen LogP contribution is 2.17. The maximum atomic E-state index is 12.0. The molecular formula is C13H24N2O3. The molecule has 1 unspecified atom stereocenters. The van der Waals surface area contributed by atoms with Crippen molar-refractivity contribution in [3.05, 3.63) is 0 Å². The van der Waals surface area contributed by atoms with Crippen LogP contribution in [0, 0.1) is 0 Å². The van der Waals surface area contributed by atoms with Crippen LogP contribution in [-0.4, -0.2) is 49.6 Å². The fourth-order valence-corrected chi connectivity index (χ4v) is 2.16. The molecule has 0 aromatic heterocycles. The average molecular weight is 256 g/mol. The summed E-state index contributed by atoms with van der Waals surface area (Å²) in [7, 11) is 3.22. The van der Waals surface area contributed by atoms with Gasteiger partial charge < -0.3 is 10.1 Å². The van der Waals surface area contributed by atoms with Gasteiger partial charge in [0.05, 0.1) is 19.6 Å². The number of likely N-dealkylation sites (N-methyl/N-ethyl adjacent to an activating group) is 1. The first-order chi connectivity index (χ1) is 8.54. The SMILES string of the molecule is COC(=O)CCN(C)C(C)C(=O)NC1CCCC1. The zero-order valence-corrected chi connectivity index (χ0v) is 11.6. The number of nitrogens with one attached hydrogen (secondary N) is 1. The molecule has 0 aromatic rings. The summed E-state index contributed by atoms with van der Waals surface area (Å²) in [6.07, 6.45) is 4.90. The molecule has 0 radical (unpaired) electrons. The molecule has 1 aliphatic rings. The first-order valence-electron chi connectivity index (χ1n) is 6.62. The fourth-order valence-electron chi connectivity index (χ4n) is 2.16. The lowest BCUT2D eigenvalue weighted by atomic mass is 10.2. The second-order valence-corrected chi connectivity index (χ2v) is 4.97. The van der Waals surface area contributed by atoms with Gasteiger partial charge in [0.1, 0.15) is 0 Å². The lowest BCUT2D eigenvalue weighted by Gasteiger charge is -2.25. The van der Waals surface area contributed by atoms with Crippen molar-refractivity contribution in [1.29, 1.82) is 0 Å². The molecule has 0 bridgehead atoms. The number of ether oxygens (including phenoxy) is 1. The van der Waals surface area contributed by atoms with Crippen LogP contribution in [0.4, 0.5) is 0 Å². The Morgan fingerprint density at radius 2 is 2.00 bits per heavy atom. The van der Waals surface area contributed by atoms with Gasteiger partial charge >= 0.3 is 5.97 Å². The standard InChI is InChI=1S/C13H24N2O3/c1-10(15(2)9-8-12(16)18-3)13(17)14-11-6-4-5-7-11/h10-11H,4-9H2,1-3H3,(H,14,17). The van der Waals surface area contributed by atoms with Crippen LogP contribution in [0.3, 0.4) is 0 Å². The average Bonchev–Trinajstić information content (AvgIpc) is 2.87. The first-order valence-corrected chi connectivity index (χ1v) is 6.62. The number of rotatable bonds is 6. The van der Waals surface area contributed by atoms with E-state index in [9.17, 15) is 9.59 Å². The maximum absolute atomic E-state index is 12.0. The van der Waals surface area contributed by atoms with Crippen LogP contribution in [0.25, 0.3) is 0 Å². The molecule has 1 rings (SSSR count). The van der Waals surface area contributed by atoms with Crippen molar-refractivity contribution in [3.63, 3.8) is 0 Å². The number of nitrogens with zero attached hydrogens (tertiary/aromatic N) is 1. The zero-order chi connectivity index (χ0) is 13.5. The molecule has 0 spiro atoms. The maximum Gasteiger partial charge on any atom is 0.306 e. The monoisotopic (exact) mass is 256 g/mol. The minimum absolute atomic E-state index is 0.0502. The van der Waals surface area contributed by atoms with Crippen LogP contribution in [0.2, 0.25) is 0 Å². The minimum Gasteiger partial charge on any atom is -0.469 e. The normalized spacial score (nSPS) is 17.8. The molecule has 1 aliphatic carbocycles. The number of methoxy groups -OCH3 is 1. The summed E-state index contributed by atoms with van der Waals surface area (Å²) in [6, 6.07) is 0.129. The predicted molar refractivity (Wildman–Crippen MR) is 69.1 cm³/mol. The molecule has 18 heavy (non-hydrogen) atoms. The van der Waals surface area contributed by atoms with Crippen LogP contribution in [0.15, 0.2) is 0 Å². The van der Waals surface area contributed by atoms with E-state index in [-0.39, 0.29) is 17.9 Å². The summed E-state index contributed by atoms with van der Waals surface area (Å²) >= 11 is 0. The predicted octanol–water partition coefficient (Wildman–Crippen LogP) is 0.929. The quantitative estimate of drug-likeness (QED) is 0.718. The van der Waals surface area contributed by atoms with Crippen molar-refractivity contribution in [2.24, 2.45) is 0 Å². The molecule has 0 saturated heterocycles. The largest absolute Gasteiger partial charge is 0.469 e. The Morgan fingerprint density at radius 3 is 2.56 bits per heavy atom. The summed E-state index contributed by atoms with van der Waals surface area (Å²) in [4.78, 5) is 24.9. The Bertz CT molecular complexity index is 288. The third-order valence-electron chi connectivity index (χ3n) is 3.64. The molecule has 1 fully saturated rings. The van der Waals surface area contributed by atoms with E-state index in [0.29, 0.717) is 19.0 Å². The van der Waals surface area contributed by atoms with Gasteiger partial charge in [-0.3, -0.25) is 14.5 Å². The molecule has 1 saturated carbocycles. The van der Waals surface area contributed by atoms with Gasteiger partial charge in [0.25, 0.3) is 0 Å². The minimum atomic E-state index is -0.245. The van der Waals surface area contributed by atoms with Crippen molar-refractivity contribution in [3.8, 4) is 0 Å². The number of amides is 1. The number of hydrogen-bond donors (Lipinski definition) is 1. The van der Waals surface area contributed by atoms with E-state index in [1.165, 1.54) is 20.0 Å². The molecule has 0 aliphatic heterocycles. The number of hydrogen-bond acceptors (Lipinski definition) is 4. The topological polar surface area (TPSA) is 58.6 Å². The molecular weight excluding hydrogens is 232 g/mol. The van der Waals surface area contributed by atoms with Crippen molar-refractivity contribution in [2.45, 2.75) is 51.1 Å². The second-order valence-electron chi connectivity index (χ2n) is 4.97. The van der Waals surface area contributed by atoms with Gasteiger partial charge in [0, 0.05) is 12.6 Å². The molecule has 104 valence electrons. The van der Waals surface area contributed by atoms with Gasteiger partial charge in [-0.25, -0.2) is 0 Å². The molecule has 1 amide bonds. The van der Waals surface area contributed by atoms with Crippen LogP contribution >= 0.6 is 0 Å².